The van der Waals surface area contributed by atoms with Crippen LogP contribution in [0.4, 0.5) is 17.6 Å². The quantitative estimate of drug-likeness (QED) is 0.742. The summed E-state index contributed by atoms with van der Waals surface area (Å²) in [5.74, 6) is 0.471. The number of esters is 1. The number of hydrogen-bond acceptors (Lipinski definition) is 8. The van der Waals surface area contributed by atoms with Gasteiger partial charge in [0.1, 0.15) is 5.78 Å². The predicted molar refractivity (Wildman–Crippen MR) is 107 cm³/mol. The van der Waals surface area contributed by atoms with Gasteiger partial charge in [0.2, 0.25) is 11.9 Å². The molecule has 0 saturated heterocycles. The van der Waals surface area contributed by atoms with Crippen molar-refractivity contribution in [2.75, 3.05) is 11.1 Å². The fourth-order valence-electron chi connectivity index (χ4n) is 4.25. The summed E-state index contributed by atoms with van der Waals surface area (Å²) in [6.45, 7) is 1.93. The highest BCUT2D eigenvalue weighted by Gasteiger charge is 2.41. The number of carbonyl (C=O) groups is 2. The number of ketones is 1. The third-order valence-corrected chi connectivity index (χ3v) is 5.73. The van der Waals surface area contributed by atoms with Crippen molar-refractivity contribution < 1.29 is 14.3 Å². The number of rotatable bonds is 5. The van der Waals surface area contributed by atoms with Gasteiger partial charge in [-0.2, -0.15) is 15.0 Å². The summed E-state index contributed by atoms with van der Waals surface area (Å²) < 4.78 is 5.46. The highest BCUT2D eigenvalue weighted by Crippen LogP contribution is 2.40. The van der Waals surface area contributed by atoms with Gasteiger partial charge in [-0.15, -0.1) is 0 Å². The van der Waals surface area contributed by atoms with Crippen molar-refractivity contribution in [3.05, 3.63) is 35.7 Å². The maximum Gasteiger partial charge on any atom is 0.309 e. The summed E-state index contributed by atoms with van der Waals surface area (Å²) in [5.41, 5.74) is 7.75. The molecule has 2 fully saturated rings. The van der Waals surface area contributed by atoms with Gasteiger partial charge >= 0.3 is 5.97 Å². The van der Waals surface area contributed by atoms with Crippen molar-refractivity contribution >= 4 is 29.3 Å². The Kier molecular flexibility index (Phi) is 5.42. The molecule has 3 atom stereocenters. The third kappa shape index (κ3) is 4.52. The monoisotopic (exact) mass is 395 g/mol. The van der Waals surface area contributed by atoms with Gasteiger partial charge in [-0.3, -0.25) is 9.59 Å². The molecule has 0 spiro atoms. The lowest BCUT2D eigenvalue weighted by Gasteiger charge is -2.36. The van der Waals surface area contributed by atoms with E-state index in [1.165, 1.54) is 0 Å². The Morgan fingerprint density at radius 1 is 1.14 bits per heavy atom. The molecule has 1 unspecified atom stereocenters. The molecule has 0 amide bonds. The number of anilines is 3. The first-order chi connectivity index (χ1) is 14.0. The minimum absolute atomic E-state index is 0.0122. The molecule has 2 bridgehead atoms. The van der Waals surface area contributed by atoms with E-state index < -0.39 is 0 Å². The van der Waals surface area contributed by atoms with Gasteiger partial charge in [0.05, 0.1) is 5.92 Å². The van der Waals surface area contributed by atoms with Crippen LogP contribution in [0.5, 0.6) is 0 Å². The molecule has 4 rings (SSSR count). The zero-order valence-electron chi connectivity index (χ0n) is 16.4. The van der Waals surface area contributed by atoms with E-state index in [2.05, 4.69) is 20.3 Å². The van der Waals surface area contributed by atoms with Crippen molar-refractivity contribution in [3.8, 4) is 0 Å². The number of benzene rings is 1. The molecule has 3 N–H and O–H groups in total. The number of nitrogens with zero attached hydrogens (tertiary/aromatic N) is 3. The van der Waals surface area contributed by atoms with Crippen LogP contribution in [0, 0.1) is 24.7 Å². The fourth-order valence-corrected chi connectivity index (χ4v) is 4.25. The molecule has 8 nitrogen and oxygen atoms in total. The van der Waals surface area contributed by atoms with Crippen molar-refractivity contribution in [2.24, 2.45) is 17.8 Å². The van der Waals surface area contributed by atoms with Crippen molar-refractivity contribution in [3.63, 3.8) is 0 Å². The van der Waals surface area contributed by atoms with Crippen LogP contribution in [0.3, 0.4) is 0 Å². The van der Waals surface area contributed by atoms with Gasteiger partial charge in [0.25, 0.3) is 0 Å². The van der Waals surface area contributed by atoms with E-state index in [0.29, 0.717) is 24.6 Å². The normalized spacial score (nSPS) is 23.5. The number of nitrogens with two attached hydrogens (primary N) is 1. The first kappa shape index (κ1) is 19.3. The fraction of sp³-hybridized carbons (Fsp3) is 0.476. The topological polar surface area (TPSA) is 120 Å². The maximum absolute atomic E-state index is 12.6. The Balaban J connectivity index is 1.38. The van der Waals surface area contributed by atoms with E-state index in [1.54, 1.807) is 0 Å². The van der Waals surface area contributed by atoms with E-state index in [-0.39, 0.29) is 42.1 Å². The lowest BCUT2D eigenvalue weighted by atomic mass is 9.67. The SMILES string of the molecule is Cc1ccc(Nc2nc(N)nc(COC(=O)C3C[C@H]4CCC[C@@H](C3)C4=O)n2)cc1. The molecule has 1 aromatic heterocycles. The molecular formula is C21H25N5O3. The third-order valence-electron chi connectivity index (χ3n) is 5.73. The highest BCUT2D eigenvalue weighted by atomic mass is 16.5. The van der Waals surface area contributed by atoms with Crippen LogP contribution in [0.2, 0.25) is 0 Å². The first-order valence-electron chi connectivity index (χ1n) is 10.0. The van der Waals surface area contributed by atoms with Crippen molar-refractivity contribution in [1.82, 2.24) is 15.0 Å². The Labute approximate surface area is 169 Å². The van der Waals surface area contributed by atoms with Crippen LogP contribution < -0.4 is 11.1 Å². The largest absolute Gasteiger partial charge is 0.457 e. The Bertz CT molecular complexity index is 899. The van der Waals surface area contributed by atoms with Gasteiger partial charge in [-0.1, -0.05) is 24.1 Å². The average Bonchev–Trinajstić information content (AvgIpc) is 2.67. The summed E-state index contributed by atoms with van der Waals surface area (Å²) in [4.78, 5) is 37.2. The standard InChI is InChI=1S/C21H25N5O3/c1-12-5-7-16(8-6-12)23-21-25-17(24-20(22)26-21)11-29-19(28)15-9-13-3-2-4-14(10-15)18(13)27/h5-8,13-15H,2-4,9-11H2,1H3,(H3,22,23,24,25,26)/t13-,14+,15?. The molecule has 2 saturated carbocycles. The zero-order chi connectivity index (χ0) is 20.4. The summed E-state index contributed by atoms with van der Waals surface area (Å²) in [6.07, 6.45) is 4.03. The van der Waals surface area contributed by atoms with E-state index in [4.69, 9.17) is 10.5 Å². The molecule has 29 heavy (non-hydrogen) atoms. The number of nitrogen functional groups attached to an aromatic ring is 1. The second-order valence-electron chi connectivity index (χ2n) is 7.93. The molecule has 2 aliphatic rings. The van der Waals surface area contributed by atoms with E-state index in [0.717, 1.165) is 30.5 Å². The molecule has 1 heterocycles. The Morgan fingerprint density at radius 2 is 1.83 bits per heavy atom. The average molecular weight is 395 g/mol. The lowest BCUT2D eigenvalue weighted by molar-refractivity contribution is -0.155. The van der Waals surface area contributed by atoms with Crippen LogP contribution in [0.25, 0.3) is 0 Å². The molecule has 1 aromatic carbocycles. The minimum Gasteiger partial charge on any atom is -0.457 e. The number of aryl methyl sites for hydroxylation is 1. The number of fused-ring (bicyclic) bond motifs is 2. The van der Waals surface area contributed by atoms with Gasteiger partial charge in [-0.05, 0) is 44.7 Å². The summed E-state index contributed by atoms with van der Waals surface area (Å²) in [5, 5.41) is 3.07. The Morgan fingerprint density at radius 3 is 2.52 bits per heavy atom. The first-order valence-corrected chi connectivity index (χ1v) is 10.0. The number of carbonyl (C=O) groups excluding carboxylic acids is 2. The molecule has 2 aliphatic carbocycles. The van der Waals surface area contributed by atoms with Crippen molar-refractivity contribution in [2.45, 2.75) is 45.6 Å². The summed E-state index contributed by atoms with van der Waals surface area (Å²) in [6, 6.07) is 7.77. The van der Waals surface area contributed by atoms with Gasteiger partial charge in [0, 0.05) is 17.5 Å². The van der Waals surface area contributed by atoms with E-state index in [9.17, 15) is 9.59 Å². The van der Waals surface area contributed by atoms with Gasteiger partial charge in [-0.25, -0.2) is 0 Å². The molecular weight excluding hydrogens is 370 g/mol. The van der Waals surface area contributed by atoms with Crippen LogP contribution >= 0.6 is 0 Å². The second-order valence-corrected chi connectivity index (χ2v) is 7.93. The number of hydrogen-bond donors (Lipinski definition) is 2. The maximum atomic E-state index is 12.6. The van der Waals surface area contributed by atoms with Crippen LogP contribution in [0.15, 0.2) is 24.3 Å². The lowest BCUT2D eigenvalue weighted by Crippen LogP contribution is -2.39. The van der Waals surface area contributed by atoms with Crippen molar-refractivity contribution in [1.29, 1.82) is 0 Å². The van der Waals surface area contributed by atoms with Gasteiger partial charge in [0.15, 0.2) is 12.4 Å². The molecule has 152 valence electrons. The van der Waals surface area contributed by atoms with Crippen LogP contribution in [-0.4, -0.2) is 26.7 Å². The van der Waals surface area contributed by atoms with Gasteiger partial charge < -0.3 is 15.8 Å². The summed E-state index contributed by atoms with van der Waals surface area (Å²) in [7, 11) is 0. The van der Waals surface area contributed by atoms with Crippen LogP contribution in [-0.2, 0) is 20.9 Å². The number of ether oxygens (including phenoxy) is 1. The number of nitrogens with one attached hydrogen (secondary N) is 1. The molecule has 0 aliphatic heterocycles. The smallest absolute Gasteiger partial charge is 0.309 e. The minimum atomic E-state index is -0.290. The van der Waals surface area contributed by atoms with E-state index >= 15 is 0 Å². The highest BCUT2D eigenvalue weighted by molar-refractivity contribution is 5.87. The van der Waals surface area contributed by atoms with E-state index in [1.807, 2.05) is 31.2 Å². The molecule has 2 aromatic rings. The second kappa shape index (κ2) is 8.14. The number of aromatic nitrogens is 3. The predicted octanol–water partition coefficient (Wildman–Crippen LogP) is 2.94. The zero-order valence-corrected chi connectivity index (χ0v) is 16.4. The number of Topliss-reactive ketones (excluding diaryl/α,β-unsaturated/α-hetero) is 1. The summed E-state index contributed by atoms with van der Waals surface area (Å²) >= 11 is 0. The molecule has 8 heteroatoms. The molecule has 0 radical (unpaired) electrons. The van der Waals surface area contributed by atoms with Crippen LogP contribution in [0.1, 0.15) is 43.5 Å². The Hall–Kier alpha value is -3.03.